The molecule has 2 heterocycles. The first-order valence-electron chi connectivity index (χ1n) is 9.97. The van der Waals surface area contributed by atoms with Crippen molar-refractivity contribution in [2.45, 2.75) is 44.8 Å². The molecular formula is C21H27N5O. The fourth-order valence-corrected chi connectivity index (χ4v) is 4.40. The van der Waals surface area contributed by atoms with Crippen LogP contribution in [0.2, 0.25) is 0 Å². The summed E-state index contributed by atoms with van der Waals surface area (Å²) in [5.74, 6) is 1.50. The molecule has 0 radical (unpaired) electrons. The van der Waals surface area contributed by atoms with E-state index >= 15 is 0 Å². The van der Waals surface area contributed by atoms with Crippen molar-refractivity contribution in [1.82, 2.24) is 14.9 Å². The zero-order valence-electron chi connectivity index (χ0n) is 15.9. The Balaban J connectivity index is 1.34. The summed E-state index contributed by atoms with van der Waals surface area (Å²) in [6, 6.07) is 8.46. The Morgan fingerprint density at radius 1 is 1.26 bits per heavy atom. The van der Waals surface area contributed by atoms with Gasteiger partial charge in [0.25, 0.3) is 0 Å². The maximum absolute atomic E-state index is 9.15. The van der Waals surface area contributed by atoms with Crippen LogP contribution in [0.4, 0.5) is 5.82 Å². The fraction of sp³-hybridized carbons (Fsp3) is 0.571. The van der Waals surface area contributed by atoms with Crippen molar-refractivity contribution in [3.8, 4) is 6.07 Å². The van der Waals surface area contributed by atoms with Crippen LogP contribution in [0.15, 0.2) is 24.5 Å². The molecule has 1 atom stereocenters. The number of rotatable bonds is 4. The van der Waals surface area contributed by atoms with E-state index in [-0.39, 0.29) is 0 Å². The van der Waals surface area contributed by atoms with E-state index in [1.54, 1.807) is 12.4 Å². The highest BCUT2D eigenvalue weighted by Crippen LogP contribution is 2.29. The van der Waals surface area contributed by atoms with E-state index in [1.807, 2.05) is 12.1 Å². The molecule has 1 N–H and O–H groups in total. The summed E-state index contributed by atoms with van der Waals surface area (Å²) < 4.78 is 5.68. The van der Waals surface area contributed by atoms with E-state index < -0.39 is 0 Å². The lowest BCUT2D eigenvalue weighted by Crippen LogP contribution is -2.48. The van der Waals surface area contributed by atoms with Crippen molar-refractivity contribution in [1.29, 1.82) is 5.26 Å². The molecule has 1 saturated heterocycles. The smallest absolute Gasteiger partial charge is 0.137 e. The van der Waals surface area contributed by atoms with Crippen molar-refractivity contribution in [3.05, 3.63) is 30.1 Å². The van der Waals surface area contributed by atoms with Gasteiger partial charge in [-0.1, -0.05) is 0 Å². The summed E-state index contributed by atoms with van der Waals surface area (Å²) in [7, 11) is 0. The molecule has 0 amide bonds. The molecule has 1 unspecified atom stereocenters. The van der Waals surface area contributed by atoms with Gasteiger partial charge in [0.1, 0.15) is 12.1 Å². The van der Waals surface area contributed by atoms with E-state index in [2.05, 4.69) is 33.2 Å². The second kappa shape index (κ2) is 8.20. The lowest BCUT2D eigenvalue weighted by atomic mass is 9.85. The molecule has 1 aliphatic heterocycles. The van der Waals surface area contributed by atoms with Crippen molar-refractivity contribution in [2.75, 3.05) is 31.6 Å². The van der Waals surface area contributed by atoms with Crippen LogP contribution >= 0.6 is 0 Å². The summed E-state index contributed by atoms with van der Waals surface area (Å²) in [6.07, 6.45) is 6.98. The molecule has 2 aromatic rings. The van der Waals surface area contributed by atoms with Crippen LogP contribution in [0.5, 0.6) is 0 Å². The van der Waals surface area contributed by atoms with Crippen LogP contribution in [0, 0.1) is 17.2 Å². The first-order valence-corrected chi connectivity index (χ1v) is 9.97. The Kier molecular flexibility index (Phi) is 5.51. The fourth-order valence-electron chi connectivity index (χ4n) is 4.40. The highest BCUT2D eigenvalue weighted by atomic mass is 16.5. The molecule has 1 aromatic heterocycles. The molecule has 6 nitrogen and oxygen atoms in total. The van der Waals surface area contributed by atoms with Crippen molar-refractivity contribution in [3.63, 3.8) is 0 Å². The third-order valence-corrected chi connectivity index (χ3v) is 5.93. The minimum atomic E-state index is 0.363. The van der Waals surface area contributed by atoms with Crippen LogP contribution < -0.4 is 5.32 Å². The van der Waals surface area contributed by atoms with Gasteiger partial charge in [-0.25, -0.2) is 9.97 Å². The normalized spacial score (nSPS) is 26.6. The van der Waals surface area contributed by atoms with E-state index in [9.17, 15) is 0 Å². The second-order valence-electron chi connectivity index (χ2n) is 7.80. The summed E-state index contributed by atoms with van der Waals surface area (Å²) in [6.45, 7) is 6.11. The van der Waals surface area contributed by atoms with Crippen LogP contribution in [0.1, 0.15) is 38.2 Å². The zero-order valence-corrected chi connectivity index (χ0v) is 15.9. The molecule has 1 aliphatic carbocycles. The Morgan fingerprint density at radius 3 is 2.89 bits per heavy atom. The number of ether oxygens (including phenoxy) is 1. The number of nitrogens with one attached hydrogen (secondary N) is 1. The standard InChI is InChI=1S/C21H27N5O/c1-15-13-26(8-9-27-15)18-5-2-16(3-6-18)12-23-21-19-10-17(11-22)4-7-20(19)24-14-25-21/h4,7,10,14-16,18H,2-3,5-6,8-9,12-13H2,1H3,(H,23,24,25)/t15?,16-,18-. The first-order chi connectivity index (χ1) is 13.2. The Bertz CT molecular complexity index is 825. The predicted molar refractivity (Wildman–Crippen MR) is 105 cm³/mol. The molecule has 6 heteroatoms. The monoisotopic (exact) mass is 365 g/mol. The number of hydrogen-bond donors (Lipinski definition) is 1. The molecule has 142 valence electrons. The Labute approximate surface area is 160 Å². The Hall–Kier alpha value is -2.23. The predicted octanol–water partition coefficient (Wildman–Crippen LogP) is 3.19. The van der Waals surface area contributed by atoms with Gasteiger partial charge < -0.3 is 10.1 Å². The lowest BCUT2D eigenvalue weighted by Gasteiger charge is -2.40. The number of nitriles is 1. The molecule has 0 spiro atoms. The second-order valence-corrected chi connectivity index (χ2v) is 7.80. The van der Waals surface area contributed by atoms with Crippen LogP contribution in [-0.4, -0.2) is 53.3 Å². The number of anilines is 1. The summed E-state index contributed by atoms with van der Waals surface area (Å²) in [5.41, 5.74) is 1.51. The molecule has 2 aliphatic rings. The summed E-state index contributed by atoms with van der Waals surface area (Å²) in [4.78, 5) is 11.3. The van der Waals surface area contributed by atoms with Gasteiger partial charge in [-0.2, -0.15) is 5.26 Å². The van der Waals surface area contributed by atoms with E-state index in [0.29, 0.717) is 23.6 Å². The SMILES string of the molecule is CC1CN([C@H]2CC[C@H](CNc3ncnc4ccc(C#N)cc34)CC2)CCO1. The highest BCUT2D eigenvalue weighted by molar-refractivity contribution is 5.89. The minimum Gasteiger partial charge on any atom is -0.376 e. The molecule has 1 aromatic carbocycles. The molecule has 0 bridgehead atoms. The maximum atomic E-state index is 9.15. The van der Waals surface area contributed by atoms with Gasteiger partial charge in [0, 0.05) is 31.1 Å². The quantitative estimate of drug-likeness (QED) is 0.897. The number of hydrogen-bond acceptors (Lipinski definition) is 6. The average molecular weight is 365 g/mol. The van der Waals surface area contributed by atoms with Crippen molar-refractivity contribution in [2.24, 2.45) is 5.92 Å². The third-order valence-electron chi connectivity index (χ3n) is 5.93. The largest absolute Gasteiger partial charge is 0.376 e. The van der Waals surface area contributed by atoms with Crippen LogP contribution in [0.3, 0.4) is 0 Å². The molecule has 4 rings (SSSR count). The molecule has 1 saturated carbocycles. The van der Waals surface area contributed by atoms with E-state index in [0.717, 1.165) is 43.0 Å². The van der Waals surface area contributed by atoms with Crippen molar-refractivity contribution < 1.29 is 4.74 Å². The lowest BCUT2D eigenvalue weighted by molar-refractivity contribution is -0.0411. The number of aromatic nitrogens is 2. The van der Waals surface area contributed by atoms with Gasteiger partial charge in [0.05, 0.1) is 29.9 Å². The minimum absolute atomic E-state index is 0.363. The van der Waals surface area contributed by atoms with Crippen LogP contribution in [0.25, 0.3) is 10.9 Å². The van der Waals surface area contributed by atoms with Crippen molar-refractivity contribution >= 4 is 16.7 Å². The van der Waals surface area contributed by atoms with Gasteiger partial charge in [0.2, 0.25) is 0 Å². The van der Waals surface area contributed by atoms with Gasteiger partial charge >= 0.3 is 0 Å². The van der Waals surface area contributed by atoms with Gasteiger partial charge in [0.15, 0.2) is 0 Å². The maximum Gasteiger partial charge on any atom is 0.137 e. The number of nitrogens with zero attached hydrogens (tertiary/aromatic N) is 4. The molecule has 27 heavy (non-hydrogen) atoms. The topological polar surface area (TPSA) is 74.1 Å². The highest BCUT2D eigenvalue weighted by Gasteiger charge is 2.28. The number of benzene rings is 1. The average Bonchev–Trinajstić information content (AvgIpc) is 2.72. The van der Waals surface area contributed by atoms with E-state index in [4.69, 9.17) is 10.00 Å². The van der Waals surface area contributed by atoms with Gasteiger partial charge in [-0.15, -0.1) is 0 Å². The van der Waals surface area contributed by atoms with E-state index in [1.165, 1.54) is 25.7 Å². The van der Waals surface area contributed by atoms with Crippen LogP contribution in [-0.2, 0) is 4.74 Å². The summed E-state index contributed by atoms with van der Waals surface area (Å²) >= 11 is 0. The van der Waals surface area contributed by atoms with Gasteiger partial charge in [-0.05, 0) is 56.7 Å². The molecular weight excluding hydrogens is 338 g/mol. The third kappa shape index (κ3) is 4.20. The Morgan fingerprint density at radius 2 is 2.11 bits per heavy atom. The zero-order chi connectivity index (χ0) is 18.6. The van der Waals surface area contributed by atoms with Gasteiger partial charge in [-0.3, -0.25) is 4.90 Å². The first kappa shape index (κ1) is 18.1. The summed E-state index contributed by atoms with van der Waals surface area (Å²) in [5, 5.41) is 13.6. The molecule has 2 fully saturated rings. The number of morpholine rings is 1. The number of fused-ring (bicyclic) bond motifs is 1.